The number of para-hydroxylation sites is 1. The maximum absolute atomic E-state index is 13.7. The molecular formula is C24H14ClF3N2O2S. The number of fused-ring (bicyclic) bond motifs is 1. The van der Waals surface area contributed by atoms with Gasteiger partial charge >= 0.3 is 6.18 Å². The second-order valence-corrected chi connectivity index (χ2v) is 9.43. The molecule has 1 aromatic heterocycles. The number of aromatic amines is 1. The van der Waals surface area contributed by atoms with Crippen molar-refractivity contribution in [3.8, 4) is 17.3 Å². The third-order valence-electron chi connectivity index (χ3n) is 5.05. The number of nitrogens with zero attached hydrogens (tertiary/aromatic N) is 1. The normalized spacial score (nSPS) is 12.6. The summed E-state index contributed by atoms with van der Waals surface area (Å²) in [4.78, 5) is 2.19. The van der Waals surface area contributed by atoms with E-state index in [0.29, 0.717) is 15.9 Å². The fraction of sp³-hybridized carbons (Fsp3) is 0.0417. The first-order valence-corrected chi connectivity index (χ1v) is 11.4. The van der Waals surface area contributed by atoms with Gasteiger partial charge in [-0.25, -0.2) is 8.42 Å². The Bertz CT molecular complexity index is 1530. The fourth-order valence-corrected chi connectivity index (χ4v) is 4.78. The van der Waals surface area contributed by atoms with E-state index in [1.807, 2.05) is 0 Å². The Labute approximate surface area is 192 Å². The minimum Gasteiger partial charge on any atom is -0.354 e. The van der Waals surface area contributed by atoms with Crippen LogP contribution in [0.1, 0.15) is 11.1 Å². The van der Waals surface area contributed by atoms with Gasteiger partial charge in [0.1, 0.15) is 11.0 Å². The number of hydrogen-bond acceptors (Lipinski definition) is 3. The maximum Gasteiger partial charge on any atom is 0.417 e. The average Bonchev–Trinajstić information content (AvgIpc) is 3.15. The van der Waals surface area contributed by atoms with Crippen molar-refractivity contribution in [2.45, 2.75) is 11.1 Å². The number of allylic oxidation sites excluding steroid dienone is 1. The van der Waals surface area contributed by atoms with Gasteiger partial charge in [-0.05, 0) is 42.5 Å². The smallest absolute Gasteiger partial charge is 0.354 e. The number of aromatic nitrogens is 1. The number of halogens is 4. The maximum atomic E-state index is 13.7. The zero-order valence-electron chi connectivity index (χ0n) is 16.7. The lowest BCUT2D eigenvalue weighted by atomic mass is 9.99. The molecule has 4 rings (SSSR count). The number of nitrogens with one attached hydrogen (secondary N) is 1. The summed E-state index contributed by atoms with van der Waals surface area (Å²) in [6.45, 7) is 0. The van der Waals surface area contributed by atoms with Gasteiger partial charge < -0.3 is 4.98 Å². The van der Waals surface area contributed by atoms with Crippen LogP contribution in [-0.4, -0.2) is 13.4 Å². The van der Waals surface area contributed by atoms with Gasteiger partial charge in [0.25, 0.3) is 0 Å². The molecule has 0 aliphatic heterocycles. The molecule has 0 aliphatic carbocycles. The predicted octanol–water partition coefficient (Wildman–Crippen LogP) is 6.85. The van der Waals surface area contributed by atoms with E-state index in [1.165, 1.54) is 42.5 Å². The van der Waals surface area contributed by atoms with Crippen molar-refractivity contribution in [2.75, 3.05) is 0 Å². The van der Waals surface area contributed by atoms with Crippen LogP contribution >= 0.6 is 11.6 Å². The molecule has 0 radical (unpaired) electrons. The quantitative estimate of drug-likeness (QED) is 0.321. The topological polar surface area (TPSA) is 73.7 Å². The lowest BCUT2D eigenvalue weighted by Gasteiger charge is -2.12. The highest BCUT2D eigenvalue weighted by Crippen LogP contribution is 2.40. The van der Waals surface area contributed by atoms with E-state index in [0.717, 1.165) is 12.1 Å². The number of rotatable bonds is 4. The van der Waals surface area contributed by atoms with E-state index in [1.54, 1.807) is 30.3 Å². The second kappa shape index (κ2) is 8.43. The first kappa shape index (κ1) is 22.6. The SMILES string of the molecule is N#CC(=Cc1c(-c2ccccc2C(F)(F)F)[nH]c2ccccc12)S(=O)(=O)c1ccc(Cl)cc1. The molecule has 0 amide bonds. The highest BCUT2D eigenvalue weighted by atomic mass is 35.5. The molecule has 0 saturated carbocycles. The van der Waals surface area contributed by atoms with Crippen molar-refractivity contribution in [1.82, 2.24) is 4.98 Å². The minimum absolute atomic E-state index is 0.0585. The summed E-state index contributed by atoms with van der Waals surface area (Å²) >= 11 is 5.83. The van der Waals surface area contributed by atoms with Gasteiger partial charge in [0, 0.05) is 27.1 Å². The van der Waals surface area contributed by atoms with Crippen LogP contribution in [0.3, 0.4) is 0 Å². The molecule has 0 saturated heterocycles. The lowest BCUT2D eigenvalue weighted by Crippen LogP contribution is -2.07. The molecule has 3 aromatic carbocycles. The molecule has 9 heteroatoms. The monoisotopic (exact) mass is 486 g/mol. The molecule has 0 atom stereocenters. The van der Waals surface area contributed by atoms with Gasteiger partial charge in [-0.15, -0.1) is 0 Å². The minimum atomic E-state index is -4.64. The molecular weight excluding hydrogens is 473 g/mol. The Morgan fingerprint density at radius 1 is 0.970 bits per heavy atom. The van der Waals surface area contributed by atoms with E-state index in [4.69, 9.17) is 11.6 Å². The van der Waals surface area contributed by atoms with E-state index < -0.39 is 26.5 Å². The number of hydrogen-bond donors (Lipinski definition) is 1. The highest BCUT2D eigenvalue weighted by Gasteiger charge is 2.34. The predicted molar refractivity (Wildman–Crippen MR) is 121 cm³/mol. The number of benzene rings is 3. The molecule has 0 spiro atoms. The van der Waals surface area contributed by atoms with Gasteiger partial charge in [-0.3, -0.25) is 0 Å². The van der Waals surface area contributed by atoms with Gasteiger partial charge in [-0.2, -0.15) is 18.4 Å². The summed E-state index contributed by atoms with van der Waals surface area (Å²) in [6, 6.07) is 18.6. The zero-order valence-corrected chi connectivity index (χ0v) is 18.3. The molecule has 0 unspecified atom stereocenters. The number of sulfone groups is 1. The zero-order chi connectivity index (χ0) is 23.8. The van der Waals surface area contributed by atoms with Crippen LogP contribution in [0, 0.1) is 11.3 Å². The summed E-state index contributed by atoms with van der Waals surface area (Å²) < 4.78 is 67.3. The molecule has 33 heavy (non-hydrogen) atoms. The Balaban J connectivity index is 2.00. The van der Waals surface area contributed by atoms with Crippen molar-refractivity contribution in [3.63, 3.8) is 0 Å². The fourth-order valence-electron chi connectivity index (χ4n) is 3.52. The number of H-pyrrole nitrogens is 1. The summed E-state index contributed by atoms with van der Waals surface area (Å²) in [7, 11) is -4.24. The van der Waals surface area contributed by atoms with Crippen molar-refractivity contribution in [3.05, 3.63) is 93.9 Å². The lowest BCUT2D eigenvalue weighted by molar-refractivity contribution is -0.137. The van der Waals surface area contributed by atoms with E-state index >= 15 is 0 Å². The van der Waals surface area contributed by atoms with Crippen LogP contribution in [0.5, 0.6) is 0 Å². The summed E-state index contributed by atoms with van der Waals surface area (Å²) in [6.07, 6.45) is -3.53. The van der Waals surface area contributed by atoms with Crippen LogP contribution in [0.15, 0.2) is 82.6 Å². The van der Waals surface area contributed by atoms with E-state index in [9.17, 15) is 26.9 Å². The molecule has 166 valence electrons. The Morgan fingerprint density at radius 3 is 2.27 bits per heavy atom. The standard InChI is InChI=1S/C24H14ClF3N2O2S/c25-15-9-11-16(12-10-15)33(31,32)17(14-29)13-20-18-5-2-4-8-22(18)30-23(20)19-6-1-3-7-21(19)24(26,27)28/h1-13,30H. The molecule has 1 heterocycles. The van der Waals surface area contributed by atoms with Gasteiger partial charge in [0.05, 0.1) is 16.2 Å². The molecule has 1 N–H and O–H groups in total. The number of nitriles is 1. The largest absolute Gasteiger partial charge is 0.417 e. The average molecular weight is 487 g/mol. The van der Waals surface area contributed by atoms with Crippen molar-refractivity contribution in [1.29, 1.82) is 5.26 Å². The summed E-state index contributed by atoms with van der Waals surface area (Å²) in [5, 5.41) is 10.5. The molecule has 0 fully saturated rings. The molecule has 4 aromatic rings. The second-order valence-electron chi connectivity index (χ2n) is 7.08. The Morgan fingerprint density at radius 2 is 1.61 bits per heavy atom. The summed E-state index contributed by atoms with van der Waals surface area (Å²) in [5.74, 6) is 0. The first-order valence-electron chi connectivity index (χ1n) is 9.52. The Hall–Kier alpha value is -3.54. The highest BCUT2D eigenvalue weighted by molar-refractivity contribution is 7.95. The van der Waals surface area contributed by atoms with Crippen LogP contribution in [0.25, 0.3) is 28.2 Å². The van der Waals surface area contributed by atoms with Gasteiger partial charge in [-0.1, -0.05) is 48.0 Å². The van der Waals surface area contributed by atoms with Crippen LogP contribution < -0.4 is 0 Å². The van der Waals surface area contributed by atoms with E-state index in [-0.39, 0.29) is 21.7 Å². The summed E-state index contributed by atoms with van der Waals surface area (Å²) in [5.41, 5.74) is -0.324. The van der Waals surface area contributed by atoms with Crippen molar-refractivity contribution >= 4 is 38.4 Å². The van der Waals surface area contributed by atoms with Crippen molar-refractivity contribution < 1.29 is 21.6 Å². The molecule has 0 aliphatic rings. The number of alkyl halides is 3. The van der Waals surface area contributed by atoms with Crippen LogP contribution in [0.4, 0.5) is 13.2 Å². The van der Waals surface area contributed by atoms with Crippen molar-refractivity contribution in [2.24, 2.45) is 0 Å². The van der Waals surface area contributed by atoms with Gasteiger partial charge in [0.2, 0.25) is 9.84 Å². The Kier molecular flexibility index (Phi) is 5.78. The molecule has 0 bridgehead atoms. The first-order chi connectivity index (χ1) is 15.6. The van der Waals surface area contributed by atoms with Crippen LogP contribution in [0.2, 0.25) is 5.02 Å². The van der Waals surface area contributed by atoms with E-state index in [2.05, 4.69) is 4.98 Å². The molecule has 4 nitrogen and oxygen atoms in total. The third-order valence-corrected chi connectivity index (χ3v) is 6.98. The van der Waals surface area contributed by atoms with Gasteiger partial charge in [0.15, 0.2) is 0 Å². The van der Waals surface area contributed by atoms with Crippen LogP contribution in [-0.2, 0) is 16.0 Å². The third kappa shape index (κ3) is 4.25.